The molecule has 1 unspecified atom stereocenters. The lowest BCUT2D eigenvalue weighted by molar-refractivity contribution is 0.187. The third-order valence-electron chi connectivity index (χ3n) is 3.01. The fourth-order valence-electron chi connectivity index (χ4n) is 2.02. The molecular weight excluding hydrogens is 371 g/mol. The molecule has 18 heavy (non-hydrogen) atoms. The average Bonchev–Trinajstić information content (AvgIpc) is 2.76. The van der Waals surface area contributed by atoms with Gasteiger partial charge in [-0.25, -0.2) is 4.79 Å². The number of aromatic amines is 1. The second kappa shape index (κ2) is 5.76. The SMILES string of the molecule is O=c1[nH]c(=O)n([C@H]2CC(CO)[C@@H](CO)S2)cc1I. The number of halogens is 1. The van der Waals surface area contributed by atoms with E-state index in [1.165, 1.54) is 22.5 Å². The summed E-state index contributed by atoms with van der Waals surface area (Å²) in [6, 6.07) is 0. The number of aliphatic hydroxyl groups is 2. The average molecular weight is 384 g/mol. The molecule has 3 atom stereocenters. The molecule has 1 aliphatic rings. The summed E-state index contributed by atoms with van der Waals surface area (Å²) in [7, 11) is 0. The Kier molecular flexibility index (Phi) is 4.51. The molecule has 0 bridgehead atoms. The highest BCUT2D eigenvalue weighted by Crippen LogP contribution is 2.44. The highest BCUT2D eigenvalue weighted by Gasteiger charge is 2.35. The Morgan fingerprint density at radius 2 is 2.17 bits per heavy atom. The van der Waals surface area contributed by atoms with Crippen molar-refractivity contribution in [3.05, 3.63) is 30.6 Å². The molecule has 1 aliphatic heterocycles. The van der Waals surface area contributed by atoms with Crippen LogP contribution < -0.4 is 11.2 Å². The molecule has 1 saturated heterocycles. The first-order valence-corrected chi connectivity index (χ1v) is 7.47. The monoisotopic (exact) mass is 384 g/mol. The third kappa shape index (κ3) is 2.65. The summed E-state index contributed by atoms with van der Waals surface area (Å²) < 4.78 is 1.91. The largest absolute Gasteiger partial charge is 0.396 e. The minimum Gasteiger partial charge on any atom is -0.396 e. The molecule has 1 aromatic rings. The Balaban J connectivity index is 2.31. The van der Waals surface area contributed by atoms with Gasteiger partial charge in [0.25, 0.3) is 5.56 Å². The van der Waals surface area contributed by atoms with Gasteiger partial charge in [-0.3, -0.25) is 14.3 Å². The number of hydrogen-bond donors (Lipinski definition) is 3. The number of thioether (sulfide) groups is 1. The fraction of sp³-hybridized carbons (Fsp3) is 0.600. The molecule has 0 saturated carbocycles. The van der Waals surface area contributed by atoms with Gasteiger partial charge in [0.05, 0.1) is 15.6 Å². The molecule has 0 aromatic carbocycles. The molecule has 1 aromatic heterocycles. The molecule has 0 aliphatic carbocycles. The van der Waals surface area contributed by atoms with Crippen LogP contribution in [-0.4, -0.2) is 38.2 Å². The first kappa shape index (κ1) is 14.1. The quantitative estimate of drug-likeness (QED) is 0.625. The fourth-order valence-corrected chi connectivity index (χ4v) is 4.01. The van der Waals surface area contributed by atoms with Crippen molar-refractivity contribution in [3.63, 3.8) is 0 Å². The van der Waals surface area contributed by atoms with Crippen LogP contribution in [0.3, 0.4) is 0 Å². The molecule has 6 nitrogen and oxygen atoms in total. The van der Waals surface area contributed by atoms with Crippen LogP contribution in [0, 0.1) is 9.49 Å². The third-order valence-corrected chi connectivity index (χ3v) is 5.40. The number of H-pyrrole nitrogens is 1. The number of hydrogen-bond acceptors (Lipinski definition) is 5. The van der Waals surface area contributed by atoms with Gasteiger partial charge in [-0.1, -0.05) is 0 Å². The van der Waals surface area contributed by atoms with Crippen molar-refractivity contribution >= 4 is 34.4 Å². The van der Waals surface area contributed by atoms with Crippen molar-refractivity contribution < 1.29 is 10.2 Å². The van der Waals surface area contributed by atoms with Crippen molar-refractivity contribution in [1.82, 2.24) is 9.55 Å². The van der Waals surface area contributed by atoms with Gasteiger partial charge in [0, 0.05) is 18.1 Å². The van der Waals surface area contributed by atoms with E-state index in [1.807, 2.05) is 22.6 Å². The van der Waals surface area contributed by atoms with Crippen LogP contribution >= 0.6 is 34.4 Å². The second-order valence-electron chi connectivity index (χ2n) is 4.13. The maximum Gasteiger partial charge on any atom is 0.329 e. The minimum atomic E-state index is -0.451. The second-order valence-corrected chi connectivity index (χ2v) is 6.72. The van der Waals surface area contributed by atoms with Crippen LogP contribution in [0.15, 0.2) is 15.8 Å². The molecule has 0 amide bonds. The molecule has 2 rings (SSSR count). The Morgan fingerprint density at radius 3 is 2.72 bits per heavy atom. The zero-order valence-corrected chi connectivity index (χ0v) is 12.3. The maximum absolute atomic E-state index is 11.7. The van der Waals surface area contributed by atoms with Crippen LogP contribution in [0.2, 0.25) is 0 Å². The van der Waals surface area contributed by atoms with Gasteiger partial charge in [-0.15, -0.1) is 11.8 Å². The van der Waals surface area contributed by atoms with Crippen molar-refractivity contribution in [3.8, 4) is 0 Å². The lowest BCUT2D eigenvalue weighted by Gasteiger charge is -2.13. The van der Waals surface area contributed by atoms with Gasteiger partial charge in [-0.2, -0.15) is 0 Å². The maximum atomic E-state index is 11.7. The zero-order valence-electron chi connectivity index (χ0n) is 9.38. The summed E-state index contributed by atoms with van der Waals surface area (Å²) in [5.41, 5.74) is -0.842. The van der Waals surface area contributed by atoms with Gasteiger partial charge in [0.15, 0.2) is 0 Å². The summed E-state index contributed by atoms with van der Waals surface area (Å²) in [4.78, 5) is 25.3. The lowest BCUT2D eigenvalue weighted by atomic mass is 10.0. The normalized spacial score (nSPS) is 27.6. The number of aliphatic hydroxyl groups excluding tert-OH is 2. The van der Waals surface area contributed by atoms with Gasteiger partial charge < -0.3 is 10.2 Å². The molecule has 100 valence electrons. The predicted molar refractivity (Wildman–Crippen MR) is 76.7 cm³/mol. The molecule has 1 fully saturated rings. The van der Waals surface area contributed by atoms with E-state index in [-0.39, 0.29) is 29.8 Å². The van der Waals surface area contributed by atoms with E-state index in [9.17, 15) is 19.8 Å². The van der Waals surface area contributed by atoms with Crippen molar-refractivity contribution in [2.75, 3.05) is 13.2 Å². The van der Waals surface area contributed by atoms with E-state index in [4.69, 9.17) is 0 Å². The lowest BCUT2D eigenvalue weighted by Crippen LogP contribution is -2.32. The van der Waals surface area contributed by atoms with Gasteiger partial charge in [0.1, 0.15) is 0 Å². The van der Waals surface area contributed by atoms with E-state index in [0.29, 0.717) is 9.99 Å². The number of nitrogens with zero attached hydrogens (tertiary/aromatic N) is 1. The molecule has 2 heterocycles. The van der Waals surface area contributed by atoms with Crippen molar-refractivity contribution in [2.45, 2.75) is 17.0 Å². The van der Waals surface area contributed by atoms with Gasteiger partial charge in [0.2, 0.25) is 0 Å². The van der Waals surface area contributed by atoms with Crippen molar-refractivity contribution in [2.24, 2.45) is 5.92 Å². The molecular formula is C10H13IN2O4S. The molecule has 8 heteroatoms. The summed E-state index contributed by atoms with van der Waals surface area (Å²) in [6.07, 6.45) is 2.13. The highest BCUT2D eigenvalue weighted by molar-refractivity contribution is 14.1. The molecule has 3 N–H and O–H groups in total. The zero-order chi connectivity index (χ0) is 13.3. The van der Waals surface area contributed by atoms with Crippen LogP contribution in [-0.2, 0) is 0 Å². The molecule has 0 radical (unpaired) electrons. The summed E-state index contributed by atoms with van der Waals surface area (Å²) >= 11 is 3.32. The molecule has 0 spiro atoms. The Bertz CT molecular complexity index is 531. The van der Waals surface area contributed by atoms with E-state index in [0.717, 1.165) is 0 Å². The summed E-state index contributed by atoms with van der Waals surface area (Å²) in [5, 5.41) is 18.2. The van der Waals surface area contributed by atoms with Gasteiger partial charge >= 0.3 is 5.69 Å². The van der Waals surface area contributed by atoms with E-state index < -0.39 is 11.2 Å². The highest BCUT2D eigenvalue weighted by atomic mass is 127. The predicted octanol–water partition coefficient (Wildman–Crippen LogP) is -0.254. The van der Waals surface area contributed by atoms with Crippen LogP contribution in [0.4, 0.5) is 0 Å². The van der Waals surface area contributed by atoms with E-state index >= 15 is 0 Å². The summed E-state index contributed by atoms with van der Waals surface area (Å²) in [6.45, 7) is -0.0362. The first-order chi connectivity index (χ1) is 8.56. The van der Waals surface area contributed by atoms with E-state index in [1.54, 1.807) is 0 Å². The number of rotatable bonds is 3. The number of aromatic nitrogens is 2. The van der Waals surface area contributed by atoms with Crippen LogP contribution in [0.5, 0.6) is 0 Å². The van der Waals surface area contributed by atoms with Crippen LogP contribution in [0.25, 0.3) is 0 Å². The first-order valence-electron chi connectivity index (χ1n) is 5.45. The Hall–Kier alpha value is -0.320. The standard InChI is InChI=1S/C10H13IN2O4S/c11-6-2-13(10(17)12-9(6)16)8-1-5(3-14)7(4-15)18-8/h2,5,7-8,14-15H,1,3-4H2,(H,12,16,17)/t5?,7-,8-/m1/s1. The topological polar surface area (TPSA) is 95.3 Å². The Morgan fingerprint density at radius 1 is 1.44 bits per heavy atom. The smallest absolute Gasteiger partial charge is 0.329 e. The van der Waals surface area contributed by atoms with Crippen molar-refractivity contribution in [1.29, 1.82) is 0 Å². The van der Waals surface area contributed by atoms with Crippen LogP contribution in [0.1, 0.15) is 11.8 Å². The Labute approximate surface area is 121 Å². The van der Waals surface area contributed by atoms with E-state index in [2.05, 4.69) is 4.98 Å². The summed E-state index contributed by atoms with van der Waals surface area (Å²) in [5.74, 6) is -0.0264. The van der Waals surface area contributed by atoms with Gasteiger partial charge in [-0.05, 0) is 34.9 Å². The number of nitrogens with one attached hydrogen (secondary N) is 1. The minimum absolute atomic E-state index is 0.01000.